The van der Waals surface area contributed by atoms with Crippen LogP contribution in [-0.4, -0.2) is 4.98 Å². The van der Waals surface area contributed by atoms with Crippen LogP contribution in [0.4, 0.5) is 5.82 Å². The van der Waals surface area contributed by atoms with Crippen molar-refractivity contribution in [2.45, 2.75) is 9.92 Å². The van der Waals surface area contributed by atoms with Gasteiger partial charge in [-0.05, 0) is 34.5 Å². The normalized spacial score (nSPS) is 10.0. The molecule has 0 amide bonds. The Bertz CT molecular complexity index is 920. The number of nitrogens with two attached hydrogens (primary N) is 1. The van der Waals surface area contributed by atoms with Crippen LogP contribution in [0.5, 0.6) is 0 Å². The maximum Gasteiger partial charge on any atom is 0.143 e. The average molecular weight is 334 g/mol. The molecular weight excluding hydrogens is 324 g/mol. The van der Waals surface area contributed by atoms with Gasteiger partial charge in [-0.3, -0.25) is 0 Å². The van der Waals surface area contributed by atoms with E-state index in [0.717, 1.165) is 10.5 Å². The zero-order valence-electron chi connectivity index (χ0n) is 11.9. The lowest BCUT2D eigenvalue weighted by atomic mass is 9.99. The molecule has 0 atom stereocenters. The highest BCUT2D eigenvalue weighted by molar-refractivity contribution is 7.99. The fourth-order valence-corrected chi connectivity index (χ4v) is 3.72. The second-order valence-corrected chi connectivity index (χ2v) is 6.42. The Labute approximate surface area is 141 Å². The van der Waals surface area contributed by atoms with E-state index in [1.165, 1.54) is 23.1 Å². The topological polar surface area (TPSA) is 86.5 Å². The van der Waals surface area contributed by atoms with E-state index in [0.29, 0.717) is 16.2 Å². The Morgan fingerprint density at radius 3 is 2.39 bits per heavy atom. The summed E-state index contributed by atoms with van der Waals surface area (Å²) in [4.78, 5) is 5.24. The van der Waals surface area contributed by atoms with Gasteiger partial charge in [-0.1, -0.05) is 30.0 Å². The molecule has 0 saturated carbocycles. The third-order valence-corrected chi connectivity index (χ3v) is 4.86. The number of nitrogen functional groups attached to an aromatic ring is 1. The molecule has 2 heterocycles. The van der Waals surface area contributed by atoms with Crippen molar-refractivity contribution in [3.05, 3.63) is 58.3 Å². The molecule has 1 aromatic carbocycles. The monoisotopic (exact) mass is 334 g/mol. The summed E-state index contributed by atoms with van der Waals surface area (Å²) in [6.45, 7) is 0. The fraction of sp³-hybridized carbons (Fsp3) is 0. The summed E-state index contributed by atoms with van der Waals surface area (Å²) in [6, 6.07) is 15.8. The predicted molar refractivity (Wildman–Crippen MR) is 92.0 cm³/mol. The Hall–Kier alpha value is -2.80. The molecule has 0 fully saturated rings. The predicted octanol–water partition coefficient (Wildman–Crippen LogP) is 4.29. The first-order valence-electron chi connectivity index (χ1n) is 6.63. The van der Waals surface area contributed by atoms with Gasteiger partial charge < -0.3 is 5.73 Å². The number of nitrogens with zero attached hydrogens (tertiary/aromatic N) is 3. The standard InChI is InChI=1S/C17H10N4S2/c18-8-13-15(11-6-7-22-10-11)14(9-19)17(21-16(13)20)23-12-4-2-1-3-5-12/h1-7,10H,(H2,20,21). The van der Waals surface area contributed by atoms with Crippen molar-refractivity contribution in [3.63, 3.8) is 0 Å². The van der Waals surface area contributed by atoms with Crippen molar-refractivity contribution >= 4 is 28.9 Å². The molecule has 2 aromatic heterocycles. The van der Waals surface area contributed by atoms with Crippen LogP contribution in [0.1, 0.15) is 11.1 Å². The Morgan fingerprint density at radius 2 is 1.78 bits per heavy atom. The number of benzene rings is 1. The van der Waals surface area contributed by atoms with Gasteiger partial charge in [0.15, 0.2) is 0 Å². The van der Waals surface area contributed by atoms with Crippen LogP contribution < -0.4 is 5.73 Å². The largest absolute Gasteiger partial charge is 0.383 e. The number of anilines is 1. The van der Waals surface area contributed by atoms with Gasteiger partial charge in [-0.25, -0.2) is 4.98 Å². The van der Waals surface area contributed by atoms with E-state index in [2.05, 4.69) is 17.1 Å². The SMILES string of the molecule is N#Cc1c(N)nc(Sc2ccccc2)c(C#N)c1-c1ccsc1. The summed E-state index contributed by atoms with van der Waals surface area (Å²) < 4.78 is 0. The molecule has 3 rings (SSSR count). The molecular formula is C17H10N4S2. The van der Waals surface area contributed by atoms with Crippen LogP contribution in [0.2, 0.25) is 0 Å². The van der Waals surface area contributed by atoms with Crippen molar-refractivity contribution in [2.75, 3.05) is 5.73 Å². The molecule has 110 valence electrons. The van der Waals surface area contributed by atoms with Gasteiger partial charge in [0.2, 0.25) is 0 Å². The van der Waals surface area contributed by atoms with E-state index < -0.39 is 0 Å². The van der Waals surface area contributed by atoms with Crippen LogP contribution in [0.25, 0.3) is 11.1 Å². The van der Waals surface area contributed by atoms with Gasteiger partial charge in [0, 0.05) is 10.5 Å². The van der Waals surface area contributed by atoms with E-state index >= 15 is 0 Å². The lowest BCUT2D eigenvalue weighted by Gasteiger charge is -2.11. The molecule has 23 heavy (non-hydrogen) atoms. The molecule has 6 heteroatoms. The molecule has 0 spiro atoms. The summed E-state index contributed by atoms with van der Waals surface area (Å²) >= 11 is 2.87. The fourth-order valence-electron chi connectivity index (χ4n) is 2.17. The molecule has 0 unspecified atom stereocenters. The summed E-state index contributed by atoms with van der Waals surface area (Å²) in [5, 5.41) is 23.4. The molecule has 2 N–H and O–H groups in total. The Morgan fingerprint density at radius 1 is 1.04 bits per heavy atom. The zero-order chi connectivity index (χ0) is 16.2. The van der Waals surface area contributed by atoms with E-state index in [9.17, 15) is 10.5 Å². The molecule has 0 saturated heterocycles. The van der Waals surface area contributed by atoms with Crippen LogP contribution >= 0.6 is 23.1 Å². The van der Waals surface area contributed by atoms with Crippen molar-refractivity contribution in [3.8, 4) is 23.3 Å². The minimum absolute atomic E-state index is 0.145. The first kappa shape index (κ1) is 15.1. The summed E-state index contributed by atoms with van der Waals surface area (Å²) in [6.07, 6.45) is 0. The number of hydrogen-bond acceptors (Lipinski definition) is 6. The number of nitriles is 2. The molecule has 0 bridgehead atoms. The number of pyridine rings is 1. The molecule has 4 nitrogen and oxygen atoms in total. The minimum atomic E-state index is 0.145. The van der Waals surface area contributed by atoms with Gasteiger partial charge >= 0.3 is 0 Å². The van der Waals surface area contributed by atoms with Crippen LogP contribution in [0.15, 0.2) is 57.1 Å². The third-order valence-electron chi connectivity index (χ3n) is 3.18. The second kappa shape index (κ2) is 6.53. The van der Waals surface area contributed by atoms with Gasteiger partial charge in [0.1, 0.15) is 28.5 Å². The van der Waals surface area contributed by atoms with Gasteiger partial charge in [0.25, 0.3) is 0 Å². The van der Waals surface area contributed by atoms with Gasteiger partial charge in [-0.2, -0.15) is 21.9 Å². The van der Waals surface area contributed by atoms with E-state index in [-0.39, 0.29) is 11.4 Å². The average Bonchev–Trinajstić information content (AvgIpc) is 3.09. The zero-order valence-corrected chi connectivity index (χ0v) is 13.5. The van der Waals surface area contributed by atoms with E-state index in [1.54, 1.807) is 0 Å². The van der Waals surface area contributed by atoms with Crippen LogP contribution in [0.3, 0.4) is 0 Å². The lowest BCUT2D eigenvalue weighted by Crippen LogP contribution is -2.02. The van der Waals surface area contributed by atoms with Gasteiger partial charge in [-0.15, -0.1) is 0 Å². The summed E-state index contributed by atoms with van der Waals surface area (Å²) in [5.74, 6) is 0.145. The highest BCUT2D eigenvalue weighted by Crippen LogP contribution is 2.38. The molecule has 0 radical (unpaired) electrons. The van der Waals surface area contributed by atoms with Crippen LogP contribution in [0, 0.1) is 22.7 Å². The number of rotatable bonds is 3. The van der Waals surface area contributed by atoms with Crippen molar-refractivity contribution in [1.82, 2.24) is 4.98 Å². The Balaban J connectivity index is 2.23. The summed E-state index contributed by atoms with van der Waals surface area (Å²) in [7, 11) is 0. The van der Waals surface area contributed by atoms with E-state index in [4.69, 9.17) is 5.73 Å². The van der Waals surface area contributed by atoms with Crippen molar-refractivity contribution in [1.29, 1.82) is 10.5 Å². The van der Waals surface area contributed by atoms with Crippen LogP contribution in [-0.2, 0) is 0 Å². The highest BCUT2D eigenvalue weighted by Gasteiger charge is 2.20. The first-order valence-corrected chi connectivity index (χ1v) is 8.39. The second-order valence-electron chi connectivity index (χ2n) is 4.58. The minimum Gasteiger partial charge on any atom is -0.383 e. The number of thiophene rings is 1. The lowest BCUT2D eigenvalue weighted by molar-refractivity contribution is 1.11. The summed E-state index contributed by atoms with van der Waals surface area (Å²) in [5.41, 5.74) is 7.96. The maximum atomic E-state index is 9.64. The van der Waals surface area contributed by atoms with Crippen molar-refractivity contribution < 1.29 is 0 Å². The number of aromatic nitrogens is 1. The van der Waals surface area contributed by atoms with E-state index in [1.807, 2.05) is 47.2 Å². The molecule has 3 aromatic rings. The van der Waals surface area contributed by atoms with Gasteiger partial charge in [0.05, 0.1) is 5.56 Å². The molecule has 0 aliphatic heterocycles. The smallest absolute Gasteiger partial charge is 0.143 e. The molecule has 0 aliphatic rings. The first-order chi connectivity index (χ1) is 11.2. The Kier molecular flexibility index (Phi) is 4.29. The third kappa shape index (κ3) is 2.91. The highest BCUT2D eigenvalue weighted by atomic mass is 32.2. The quantitative estimate of drug-likeness (QED) is 0.772. The van der Waals surface area contributed by atoms with Crippen molar-refractivity contribution in [2.24, 2.45) is 0 Å². The maximum absolute atomic E-state index is 9.64. The molecule has 0 aliphatic carbocycles. The number of hydrogen-bond donors (Lipinski definition) is 1.